The molecule has 1 atom stereocenters. The lowest BCUT2D eigenvalue weighted by atomic mass is 10.2. The van der Waals surface area contributed by atoms with Gasteiger partial charge in [-0.05, 0) is 32.3 Å². The maximum Gasteiger partial charge on any atom is 0.191 e. The van der Waals surface area contributed by atoms with Gasteiger partial charge in [0.1, 0.15) is 0 Å². The van der Waals surface area contributed by atoms with Crippen molar-refractivity contribution in [2.45, 2.75) is 40.7 Å². The molecule has 1 aromatic carbocycles. The van der Waals surface area contributed by atoms with E-state index in [1.165, 1.54) is 10.4 Å². The van der Waals surface area contributed by atoms with Crippen LogP contribution in [0.25, 0.3) is 0 Å². The lowest BCUT2D eigenvalue weighted by molar-refractivity contribution is 0.0945. The average molecular weight is 516 g/mol. The van der Waals surface area contributed by atoms with Gasteiger partial charge in [-0.15, -0.1) is 35.3 Å². The van der Waals surface area contributed by atoms with Crippen molar-refractivity contribution in [1.82, 2.24) is 15.6 Å². The lowest BCUT2D eigenvalue weighted by Gasteiger charge is -2.14. The van der Waals surface area contributed by atoms with E-state index in [0.29, 0.717) is 19.1 Å². The third kappa shape index (κ3) is 9.34. The zero-order valence-corrected chi connectivity index (χ0v) is 20.5. The Bertz CT molecular complexity index is 706. The molecule has 1 unspecified atom stereocenters. The summed E-state index contributed by atoms with van der Waals surface area (Å²) in [5.74, 6) is 1.24. The van der Waals surface area contributed by atoms with E-state index >= 15 is 0 Å². The second-order valence-electron chi connectivity index (χ2n) is 6.74. The molecule has 0 saturated heterocycles. The van der Waals surface area contributed by atoms with E-state index in [2.05, 4.69) is 55.4 Å². The Labute approximate surface area is 190 Å². The molecule has 0 amide bonds. The molecule has 2 N–H and O–H groups in total. The van der Waals surface area contributed by atoms with Crippen molar-refractivity contribution >= 4 is 41.3 Å². The number of aliphatic imine (C=N–C) groups is 1. The van der Waals surface area contributed by atoms with Gasteiger partial charge in [0, 0.05) is 30.9 Å². The highest BCUT2D eigenvalue weighted by Gasteiger charge is 2.06. The second-order valence-corrected chi connectivity index (χ2v) is 8.03. The Morgan fingerprint density at radius 1 is 1.21 bits per heavy atom. The van der Waals surface area contributed by atoms with E-state index < -0.39 is 0 Å². The van der Waals surface area contributed by atoms with Crippen LogP contribution in [-0.2, 0) is 17.8 Å². The number of hydrogen-bond acceptors (Lipinski definition) is 4. The minimum absolute atomic E-state index is 0. The van der Waals surface area contributed by atoms with Gasteiger partial charge in [-0.25, -0.2) is 4.98 Å². The summed E-state index contributed by atoms with van der Waals surface area (Å²) in [7, 11) is 0. The smallest absolute Gasteiger partial charge is 0.191 e. The fraction of sp³-hybridized carbons (Fsp3) is 0.524. The number of ether oxygens (including phenoxy) is 1. The first-order valence-electron chi connectivity index (χ1n) is 9.65. The molecule has 2 aromatic rings. The molecule has 1 heterocycles. The number of halogens is 1. The molecule has 5 nitrogen and oxygen atoms in total. The Hall–Kier alpha value is -1.19. The van der Waals surface area contributed by atoms with Gasteiger partial charge in [0.25, 0.3) is 0 Å². The van der Waals surface area contributed by atoms with Gasteiger partial charge in [0.15, 0.2) is 5.96 Å². The Morgan fingerprint density at radius 3 is 2.61 bits per heavy atom. The van der Waals surface area contributed by atoms with Crippen molar-refractivity contribution in [2.75, 3.05) is 26.2 Å². The molecular weight excluding hydrogens is 483 g/mol. The van der Waals surface area contributed by atoms with Crippen molar-refractivity contribution in [2.24, 2.45) is 10.9 Å². The quantitative estimate of drug-likeness (QED) is 0.281. The minimum Gasteiger partial charge on any atom is -0.376 e. The molecular formula is C21H33IN4OS. The molecule has 2 rings (SSSR count). The van der Waals surface area contributed by atoms with E-state index in [1.807, 2.05) is 18.2 Å². The number of aromatic nitrogens is 1. The number of nitrogens with one attached hydrogen (secondary N) is 2. The Morgan fingerprint density at radius 2 is 1.96 bits per heavy atom. The van der Waals surface area contributed by atoms with Crippen molar-refractivity contribution in [1.29, 1.82) is 0 Å². The molecule has 0 aliphatic rings. The van der Waals surface area contributed by atoms with Crippen LogP contribution in [0.15, 0.2) is 35.3 Å². The molecule has 156 valence electrons. The van der Waals surface area contributed by atoms with Gasteiger partial charge < -0.3 is 15.4 Å². The number of hydrogen-bond donors (Lipinski definition) is 2. The van der Waals surface area contributed by atoms with E-state index in [1.54, 1.807) is 11.3 Å². The highest BCUT2D eigenvalue weighted by atomic mass is 127. The number of aryl methyl sites for hydroxylation is 2. The highest BCUT2D eigenvalue weighted by molar-refractivity contribution is 14.0. The van der Waals surface area contributed by atoms with Crippen molar-refractivity contribution in [3.63, 3.8) is 0 Å². The summed E-state index contributed by atoms with van der Waals surface area (Å²) in [6, 6.07) is 10.3. The summed E-state index contributed by atoms with van der Waals surface area (Å²) in [6.45, 7) is 12.2. The second kappa shape index (κ2) is 13.9. The van der Waals surface area contributed by atoms with Gasteiger partial charge in [-0.3, -0.25) is 4.99 Å². The first kappa shape index (κ1) is 24.8. The zero-order chi connectivity index (χ0) is 19.5. The van der Waals surface area contributed by atoms with Gasteiger partial charge in [0.2, 0.25) is 0 Å². The van der Waals surface area contributed by atoms with Crippen LogP contribution in [-0.4, -0.2) is 37.2 Å². The molecule has 0 aliphatic heterocycles. The molecule has 1 aromatic heterocycles. The van der Waals surface area contributed by atoms with Gasteiger partial charge >= 0.3 is 0 Å². The summed E-state index contributed by atoms with van der Waals surface area (Å²) in [5.41, 5.74) is 2.35. The standard InChI is InChI=1S/C21H32N4OS.HI/c1-5-22-21(23-12-11-20-17(3)25-18(4)27-20)24-13-16(2)14-26-15-19-9-7-6-8-10-19;/h6-10,16H,5,11-15H2,1-4H3,(H2,22,23,24);1H. The van der Waals surface area contributed by atoms with Crippen LogP contribution in [0.1, 0.15) is 35.0 Å². The average Bonchev–Trinajstić information content (AvgIpc) is 2.98. The zero-order valence-electron chi connectivity index (χ0n) is 17.3. The molecule has 0 bridgehead atoms. The van der Waals surface area contributed by atoms with E-state index in [9.17, 15) is 0 Å². The largest absolute Gasteiger partial charge is 0.376 e. The van der Waals surface area contributed by atoms with Crippen LogP contribution in [0.2, 0.25) is 0 Å². The first-order valence-corrected chi connectivity index (χ1v) is 10.5. The maximum absolute atomic E-state index is 5.81. The SMILES string of the molecule is CCNC(=NCC(C)COCc1ccccc1)NCCc1sc(C)nc1C.I. The molecule has 0 saturated carbocycles. The molecule has 0 fully saturated rings. The summed E-state index contributed by atoms with van der Waals surface area (Å²) < 4.78 is 5.81. The predicted molar refractivity (Wildman–Crippen MR) is 130 cm³/mol. The van der Waals surface area contributed by atoms with Gasteiger partial charge in [-0.1, -0.05) is 37.3 Å². The fourth-order valence-corrected chi connectivity index (χ4v) is 3.63. The minimum atomic E-state index is 0. The third-order valence-corrected chi connectivity index (χ3v) is 5.20. The van der Waals surface area contributed by atoms with Crippen LogP contribution in [0.4, 0.5) is 0 Å². The Kier molecular flexibility index (Phi) is 12.3. The van der Waals surface area contributed by atoms with Crippen LogP contribution >= 0.6 is 35.3 Å². The number of rotatable bonds is 10. The van der Waals surface area contributed by atoms with E-state index in [4.69, 9.17) is 9.73 Å². The number of benzene rings is 1. The summed E-state index contributed by atoms with van der Waals surface area (Å²) in [5, 5.41) is 7.86. The van der Waals surface area contributed by atoms with Crippen molar-refractivity contribution in [3.8, 4) is 0 Å². The summed E-state index contributed by atoms with van der Waals surface area (Å²) in [4.78, 5) is 10.5. The first-order chi connectivity index (χ1) is 13.1. The van der Waals surface area contributed by atoms with Crippen molar-refractivity contribution in [3.05, 3.63) is 51.5 Å². The maximum atomic E-state index is 5.81. The van der Waals surface area contributed by atoms with Crippen LogP contribution < -0.4 is 10.6 Å². The lowest BCUT2D eigenvalue weighted by Crippen LogP contribution is -2.38. The molecule has 0 aliphatic carbocycles. The van der Waals surface area contributed by atoms with E-state index in [-0.39, 0.29) is 24.0 Å². The highest BCUT2D eigenvalue weighted by Crippen LogP contribution is 2.17. The fourth-order valence-electron chi connectivity index (χ4n) is 2.69. The molecule has 28 heavy (non-hydrogen) atoms. The predicted octanol–water partition coefficient (Wildman–Crippen LogP) is 4.33. The summed E-state index contributed by atoms with van der Waals surface area (Å²) in [6.07, 6.45) is 0.970. The monoisotopic (exact) mass is 516 g/mol. The molecule has 0 spiro atoms. The molecule has 7 heteroatoms. The number of nitrogens with zero attached hydrogens (tertiary/aromatic N) is 2. The van der Waals surface area contributed by atoms with Gasteiger partial charge in [0.05, 0.1) is 23.9 Å². The summed E-state index contributed by atoms with van der Waals surface area (Å²) >= 11 is 1.78. The van der Waals surface area contributed by atoms with E-state index in [0.717, 1.165) is 42.7 Å². The third-order valence-electron chi connectivity index (χ3n) is 4.06. The molecule has 0 radical (unpaired) electrons. The number of guanidine groups is 1. The number of thiazole rings is 1. The van der Waals surface area contributed by atoms with Crippen LogP contribution in [0.3, 0.4) is 0 Å². The van der Waals surface area contributed by atoms with Crippen molar-refractivity contribution < 1.29 is 4.74 Å². The topological polar surface area (TPSA) is 58.5 Å². The van der Waals surface area contributed by atoms with Crippen LogP contribution in [0, 0.1) is 19.8 Å². The van der Waals surface area contributed by atoms with Gasteiger partial charge in [-0.2, -0.15) is 0 Å². The van der Waals surface area contributed by atoms with Crippen LogP contribution in [0.5, 0.6) is 0 Å². The normalized spacial score (nSPS) is 12.4. The Balaban J connectivity index is 0.00000392.